The minimum absolute atomic E-state index is 0.210. The highest BCUT2D eigenvalue weighted by Crippen LogP contribution is 1.84. The highest BCUT2D eigenvalue weighted by atomic mass is 16.2. The van der Waals surface area contributed by atoms with E-state index in [0.29, 0.717) is 0 Å². The van der Waals surface area contributed by atoms with Crippen LogP contribution < -0.4 is 10.6 Å². The number of hydrogen-bond acceptors (Lipinski definition) is 4. The lowest BCUT2D eigenvalue weighted by atomic mass is 10.3. The number of amides is 3. The lowest BCUT2D eigenvalue weighted by molar-refractivity contribution is -0.116. The van der Waals surface area contributed by atoms with Crippen LogP contribution in [0.2, 0.25) is 0 Å². The summed E-state index contributed by atoms with van der Waals surface area (Å²) < 4.78 is 0. The van der Waals surface area contributed by atoms with Crippen LogP contribution in [-0.2, 0) is 9.59 Å². The number of carbonyl (C=O) groups excluding carboxylic acids is 3. The molecular weight excluding hydrogens is 174 g/mol. The third kappa shape index (κ3) is 5.34. The van der Waals surface area contributed by atoms with E-state index < -0.39 is 11.9 Å². The van der Waals surface area contributed by atoms with Gasteiger partial charge >= 0.3 is 6.03 Å². The van der Waals surface area contributed by atoms with Gasteiger partial charge in [-0.2, -0.15) is 4.99 Å². The number of isocyanates is 1. The Bertz CT molecular complexity index is 279. The Balaban J connectivity index is 3.81. The zero-order chi connectivity index (χ0) is 10.3. The number of aliphatic imine (C=N–C) groups is 1. The average molecular weight is 183 g/mol. The normalized spacial score (nSPS) is 8.08. The van der Waals surface area contributed by atoms with E-state index in [9.17, 15) is 14.4 Å². The molecule has 2 N–H and O–H groups in total. The highest BCUT2D eigenvalue weighted by Gasteiger charge is 2.05. The van der Waals surface area contributed by atoms with E-state index in [1.807, 2.05) is 5.32 Å². The van der Waals surface area contributed by atoms with Crippen molar-refractivity contribution >= 4 is 18.0 Å². The molecule has 0 fully saturated rings. The van der Waals surface area contributed by atoms with Gasteiger partial charge in [0.15, 0.2) is 0 Å². The first-order valence-electron chi connectivity index (χ1n) is 3.36. The first-order chi connectivity index (χ1) is 6.07. The van der Waals surface area contributed by atoms with Crippen LogP contribution in [0, 0.1) is 0 Å². The predicted molar refractivity (Wildman–Crippen MR) is 44.5 cm³/mol. The zero-order valence-electron chi connectivity index (χ0n) is 7.09. The SMILES string of the molecule is C=C(C)C(=O)NC(=O)NCN=C=O. The highest BCUT2D eigenvalue weighted by molar-refractivity contribution is 6.02. The summed E-state index contributed by atoms with van der Waals surface area (Å²) in [5.41, 5.74) is 0.217. The summed E-state index contributed by atoms with van der Waals surface area (Å²) in [7, 11) is 0. The Labute approximate surface area is 74.7 Å². The van der Waals surface area contributed by atoms with Gasteiger partial charge < -0.3 is 5.32 Å². The summed E-state index contributed by atoms with van der Waals surface area (Å²) >= 11 is 0. The average Bonchev–Trinajstić information content (AvgIpc) is 2.04. The van der Waals surface area contributed by atoms with Crippen LogP contribution in [0.4, 0.5) is 4.79 Å². The van der Waals surface area contributed by atoms with Crippen molar-refractivity contribution in [3.05, 3.63) is 12.2 Å². The molecule has 0 spiro atoms. The molecule has 0 aliphatic carbocycles. The van der Waals surface area contributed by atoms with Crippen LogP contribution >= 0.6 is 0 Å². The molecule has 0 radical (unpaired) electrons. The minimum atomic E-state index is -0.730. The van der Waals surface area contributed by atoms with E-state index in [0.717, 1.165) is 0 Å². The van der Waals surface area contributed by atoms with E-state index >= 15 is 0 Å². The molecule has 6 heteroatoms. The van der Waals surface area contributed by atoms with Gasteiger partial charge in [-0.3, -0.25) is 10.1 Å². The second-order valence-electron chi connectivity index (χ2n) is 2.15. The van der Waals surface area contributed by atoms with Gasteiger partial charge in [-0.05, 0) is 6.92 Å². The maximum absolute atomic E-state index is 10.8. The molecule has 0 atom stereocenters. The molecule has 0 aromatic carbocycles. The smallest absolute Gasteiger partial charge is 0.318 e. The van der Waals surface area contributed by atoms with Crippen molar-refractivity contribution in [1.29, 1.82) is 0 Å². The van der Waals surface area contributed by atoms with Crippen molar-refractivity contribution < 1.29 is 14.4 Å². The number of urea groups is 1. The number of hydrogen-bond donors (Lipinski definition) is 2. The first kappa shape index (κ1) is 11.1. The van der Waals surface area contributed by atoms with Crippen molar-refractivity contribution in [2.45, 2.75) is 6.92 Å². The third-order valence-electron chi connectivity index (χ3n) is 0.998. The van der Waals surface area contributed by atoms with Gasteiger partial charge in [0.25, 0.3) is 5.91 Å². The number of imide groups is 1. The lowest BCUT2D eigenvalue weighted by Crippen LogP contribution is -2.39. The van der Waals surface area contributed by atoms with Crippen molar-refractivity contribution in [3.63, 3.8) is 0 Å². The van der Waals surface area contributed by atoms with Gasteiger partial charge in [0.1, 0.15) is 6.67 Å². The van der Waals surface area contributed by atoms with Crippen LogP contribution in [0.3, 0.4) is 0 Å². The van der Waals surface area contributed by atoms with E-state index in [-0.39, 0.29) is 12.2 Å². The number of carbonyl (C=O) groups is 2. The summed E-state index contributed by atoms with van der Waals surface area (Å²) in [4.78, 5) is 34.2. The second-order valence-corrected chi connectivity index (χ2v) is 2.15. The van der Waals surface area contributed by atoms with Crippen LogP contribution in [0.1, 0.15) is 6.92 Å². The summed E-state index contributed by atoms with van der Waals surface area (Å²) in [6.07, 6.45) is 1.23. The maximum Gasteiger partial charge on any atom is 0.323 e. The van der Waals surface area contributed by atoms with Crippen LogP contribution in [0.15, 0.2) is 17.1 Å². The van der Waals surface area contributed by atoms with Crippen LogP contribution in [0.25, 0.3) is 0 Å². The largest absolute Gasteiger partial charge is 0.323 e. The fraction of sp³-hybridized carbons (Fsp3) is 0.286. The quantitative estimate of drug-likeness (QED) is 0.357. The molecule has 0 aliphatic rings. The van der Waals surface area contributed by atoms with Gasteiger partial charge in [0.2, 0.25) is 6.08 Å². The van der Waals surface area contributed by atoms with Crippen molar-refractivity contribution in [1.82, 2.24) is 10.6 Å². The molecule has 0 rings (SSSR count). The molecule has 0 aromatic heterocycles. The van der Waals surface area contributed by atoms with Crippen molar-refractivity contribution in [2.24, 2.45) is 4.99 Å². The predicted octanol–water partition coefficient (Wildman–Crippen LogP) is -0.318. The molecule has 3 amide bonds. The van der Waals surface area contributed by atoms with Crippen LogP contribution in [-0.4, -0.2) is 24.7 Å². The van der Waals surface area contributed by atoms with E-state index in [1.165, 1.54) is 13.0 Å². The topological polar surface area (TPSA) is 87.6 Å². The second kappa shape index (κ2) is 5.68. The van der Waals surface area contributed by atoms with Gasteiger partial charge in [0.05, 0.1) is 0 Å². The first-order valence-corrected chi connectivity index (χ1v) is 3.36. The standard InChI is InChI=1S/C7H9N3O3/c1-5(2)6(12)10-7(13)9-3-8-4-11/h1,3H2,2H3,(H2,9,10,12,13). The Kier molecular flexibility index (Phi) is 4.83. The summed E-state index contributed by atoms with van der Waals surface area (Å²) in [5, 5.41) is 4.09. The van der Waals surface area contributed by atoms with Gasteiger partial charge in [-0.15, -0.1) is 0 Å². The number of rotatable bonds is 3. The Morgan fingerprint density at radius 2 is 2.15 bits per heavy atom. The Morgan fingerprint density at radius 1 is 1.54 bits per heavy atom. The van der Waals surface area contributed by atoms with E-state index in [4.69, 9.17) is 0 Å². The molecule has 0 unspecified atom stereocenters. The minimum Gasteiger partial charge on any atom is -0.318 e. The van der Waals surface area contributed by atoms with Gasteiger partial charge in [0, 0.05) is 5.57 Å². The van der Waals surface area contributed by atoms with Crippen molar-refractivity contribution in [2.75, 3.05) is 6.67 Å². The van der Waals surface area contributed by atoms with Crippen molar-refractivity contribution in [3.8, 4) is 0 Å². The molecule has 0 saturated carbocycles. The Morgan fingerprint density at radius 3 is 2.62 bits per heavy atom. The van der Waals surface area contributed by atoms with Crippen LogP contribution in [0.5, 0.6) is 0 Å². The maximum atomic E-state index is 10.8. The molecule has 0 aliphatic heterocycles. The lowest BCUT2D eigenvalue weighted by Gasteiger charge is -2.02. The van der Waals surface area contributed by atoms with Gasteiger partial charge in [-0.1, -0.05) is 6.58 Å². The molecule has 0 heterocycles. The fourth-order valence-corrected chi connectivity index (χ4v) is 0.398. The molecule has 0 bridgehead atoms. The molecular formula is C7H9N3O3. The number of nitrogens with zero attached hydrogens (tertiary/aromatic N) is 1. The third-order valence-corrected chi connectivity index (χ3v) is 0.998. The number of nitrogens with one attached hydrogen (secondary N) is 2. The summed E-state index contributed by atoms with van der Waals surface area (Å²) in [5.74, 6) is -0.576. The Hall–Kier alpha value is -1.94. The summed E-state index contributed by atoms with van der Waals surface area (Å²) in [6, 6.07) is -0.730. The zero-order valence-corrected chi connectivity index (χ0v) is 7.09. The van der Waals surface area contributed by atoms with Gasteiger partial charge in [-0.25, -0.2) is 9.59 Å². The molecule has 0 saturated heterocycles. The van der Waals surface area contributed by atoms with E-state index in [2.05, 4.69) is 16.9 Å². The molecule has 6 nitrogen and oxygen atoms in total. The monoisotopic (exact) mass is 183 g/mol. The molecule has 0 aromatic rings. The summed E-state index contributed by atoms with van der Waals surface area (Å²) in [6.45, 7) is 4.58. The van der Waals surface area contributed by atoms with E-state index in [1.54, 1.807) is 0 Å². The molecule has 70 valence electrons. The fourth-order valence-electron chi connectivity index (χ4n) is 0.398. The molecule has 13 heavy (non-hydrogen) atoms.